The number of hydrogen-bond acceptors (Lipinski definition) is 7. The number of nitrogen functional groups attached to an aromatic ring is 1. The zero-order valence-electron chi connectivity index (χ0n) is 31.1. The first-order valence-electron chi connectivity index (χ1n) is 18.9. The van der Waals surface area contributed by atoms with Crippen LogP contribution in [-0.4, -0.2) is 48.9 Å². The number of rotatable bonds is 22. The molecule has 11 nitrogen and oxygen atoms in total. The summed E-state index contributed by atoms with van der Waals surface area (Å²) >= 11 is 0. The summed E-state index contributed by atoms with van der Waals surface area (Å²) in [5.74, 6) is -0.289. The van der Waals surface area contributed by atoms with E-state index in [2.05, 4.69) is 36.7 Å². The number of aliphatic hydroxyl groups excluding tert-OH is 1. The molecule has 8 N–H and O–H groups in total. The summed E-state index contributed by atoms with van der Waals surface area (Å²) in [5.41, 5.74) is 13.2. The van der Waals surface area contributed by atoms with Crippen molar-refractivity contribution in [1.29, 1.82) is 0 Å². The van der Waals surface area contributed by atoms with Crippen LogP contribution in [0.15, 0.2) is 48.5 Å². The van der Waals surface area contributed by atoms with Crippen molar-refractivity contribution in [2.75, 3.05) is 30.8 Å². The number of anilines is 2. The summed E-state index contributed by atoms with van der Waals surface area (Å²) in [4.78, 5) is 36.1. The number of ether oxygens (including phenoxy) is 2. The van der Waals surface area contributed by atoms with E-state index in [1.807, 2.05) is 0 Å². The van der Waals surface area contributed by atoms with E-state index in [0.29, 0.717) is 42.3 Å². The Kier molecular flexibility index (Phi) is 17.5. The fraction of sp³-hybridized carbons (Fsp3) is 0.625. The van der Waals surface area contributed by atoms with Gasteiger partial charge in [0.2, 0.25) is 0 Å². The molecule has 11 heteroatoms. The second kappa shape index (κ2) is 21.5. The van der Waals surface area contributed by atoms with E-state index < -0.39 is 12.3 Å². The molecule has 1 fully saturated rings. The monoisotopic (exact) mass is 709 g/mol. The van der Waals surface area contributed by atoms with Gasteiger partial charge in [-0.3, -0.25) is 0 Å². The van der Waals surface area contributed by atoms with Crippen LogP contribution in [0.4, 0.5) is 21.0 Å². The number of carbonyl (C=O) groups is 3. The third-order valence-electron chi connectivity index (χ3n) is 9.62. The van der Waals surface area contributed by atoms with Gasteiger partial charge < -0.3 is 42.0 Å². The van der Waals surface area contributed by atoms with Crippen molar-refractivity contribution >= 4 is 29.4 Å². The average molecular weight is 710 g/mol. The van der Waals surface area contributed by atoms with Crippen LogP contribution in [0.25, 0.3) is 0 Å². The molecule has 0 bridgehead atoms. The lowest BCUT2D eigenvalue weighted by molar-refractivity contribution is -0.103. The number of unbranched alkanes of at least 4 members (excludes halogenated alkanes) is 11. The molecular weight excluding hydrogens is 646 g/mol. The van der Waals surface area contributed by atoms with Gasteiger partial charge in [-0.25, -0.2) is 14.4 Å². The molecule has 0 radical (unpaired) electrons. The SMILES string of the molecule is CC1(C)CC(NC(=O)Nc2ccc(C(O)OCCCCCCCCCCCCCCOC(=O)c3ccc(N)cc3)cc2)CC(C)(CNC(N)=O)C1. The Morgan fingerprint density at radius 3 is 1.92 bits per heavy atom. The summed E-state index contributed by atoms with van der Waals surface area (Å²) in [7, 11) is 0. The van der Waals surface area contributed by atoms with E-state index in [9.17, 15) is 19.5 Å². The van der Waals surface area contributed by atoms with E-state index in [0.717, 1.165) is 44.9 Å². The quantitative estimate of drug-likeness (QED) is 0.0309. The van der Waals surface area contributed by atoms with Gasteiger partial charge in [0.1, 0.15) is 0 Å². The fourth-order valence-electron chi connectivity index (χ4n) is 7.39. The lowest BCUT2D eigenvalue weighted by atomic mass is 9.62. The van der Waals surface area contributed by atoms with Crippen LogP contribution in [-0.2, 0) is 9.47 Å². The molecule has 1 saturated carbocycles. The van der Waals surface area contributed by atoms with Crippen molar-refractivity contribution in [3.05, 3.63) is 59.7 Å². The van der Waals surface area contributed by atoms with Crippen LogP contribution >= 0.6 is 0 Å². The molecule has 0 aromatic heterocycles. The first kappa shape index (κ1) is 41.6. The molecule has 51 heavy (non-hydrogen) atoms. The molecule has 0 saturated heterocycles. The summed E-state index contributed by atoms with van der Waals surface area (Å²) in [6, 6.07) is 13.0. The van der Waals surface area contributed by atoms with Crippen LogP contribution in [0.1, 0.15) is 139 Å². The molecule has 0 aliphatic heterocycles. The zero-order chi connectivity index (χ0) is 37.1. The Balaban J connectivity index is 1.16. The standard InChI is InChI=1S/C40H63N5O6/c1-39(2)26-34(27-40(3,28-39)29-43-37(42)48)45-38(49)44-33-22-18-31(19-23-33)36(47)51-25-15-13-11-9-7-5-4-6-8-10-12-14-24-50-35(46)30-16-20-32(41)21-17-30/h16-23,34,36,47H,4-15,24-29,41H2,1-3H3,(H3,42,43,48)(H2,44,45,49). The molecule has 284 valence electrons. The van der Waals surface area contributed by atoms with Gasteiger partial charge in [-0.2, -0.15) is 0 Å². The summed E-state index contributed by atoms with van der Waals surface area (Å²) in [6.45, 7) is 7.90. The Labute approximate surface area is 305 Å². The third-order valence-corrected chi connectivity index (χ3v) is 9.62. The number of hydrogen-bond donors (Lipinski definition) is 6. The van der Waals surface area contributed by atoms with Gasteiger partial charge >= 0.3 is 18.0 Å². The summed E-state index contributed by atoms with van der Waals surface area (Å²) < 4.78 is 11.0. The molecule has 1 aliphatic carbocycles. The average Bonchev–Trinajstić information content (AvgIpc) is 3.06. The molecule has 4 amide bonds. The molecule has 3 unspecified atom stereocenters. The highest BCUT2D eigenvalue weighted by molar-refractivity contribution is 5.90. The van der Waals surface area contributed by atoms with Gasteiger partial charge in [-0.05, 0) is 79.3 Å². The largest absolute Gasteiger partial charge is 0.462 e. The molecular formula is C40H63N5O6. The molecule has 3 rings (SSSR count). The highest BCUT2D eigenvalue weighted by Gasteiger charge is 2.41. The van der Waals surface area contributed by atoms with Crippen LogP contribution in [0.3, 0.4) is 0 Å². The number of carbonyl (C=O) groups excluding carboxylic acids is 3. The highest BCUT2D eigenvalue weighted by Crippen LogP contribution is 2.45. The maximum absolute atomic E-state index is 12.8. The van der Waals surface area contributed by atoms with Gasteiger partial charge in [0.05, 0.1) is 18.8 Å². The van der Waals surface area contributed by atoms with E-state index in [-0.39, 0.29) is 28.9 Å². The van der Waals surface area contributed by atoms with Crippen LogP contribution in [0, 0.1) is 10.8 Å². The van der Waals surface area contributed by atoms with Gasteiger partial charge in [0, 0.05) is 29.5 Å². The normalized spacial score (nSPS) is 18.8. The minimum absolute atomic E-state index is 0.00674. The summed E-state index contributed by atoms with van der Waals surface area (Å²) in [6.07, 6.45) is 15.2. The molecule has 3 atom stereocenters. The molecule has 2 aromatic carbocycles. The van der Waals surface area contributed by atoms with Gasteiger partial charge in [-0.15, -0.1) is 0 Å². The Bertz CT molecular complexity index is 1340. The van der Waals surface area contributed by atoms with Crippen molar-refractivity contribution in [1.82, 2.24) is 10.6 Å². The van der Waals surface area contributed by atoms with E-state index in [1.54, 1.807) is 48.5 Å². The lowest BCUT2D eigenvalue weighted by Gasteiger charge is -2.46. The van der Waals surface area contributed by atoms with E-state index >= 15 is 0 Å². The van der Waals surface area contributed by atoms with Crippen molar-refractivity contribution in [2.24, 2.45) is 16.6 Å². The molecule has 0 spiro atoms. The fourth-order valence-corrected chi connectivity index (χ4v) is 7.39. The van der Waals surface area contributed by atoms with Crippen LogP contribution in [0.2, 0.25) is 0 Å². The maximum Gasteiger partial charge on any atom is 0.338 e. The van der Waals surface area contributed by atoms with Gasteiger partial charge in [-0.1, -0.05) is 97.1 Å². The predicted molar refractivity (Wildman–Crippen MR) is 203 cm³/mol. The van der Waals surface area contributed by atoms with Gasteiger partial charge in [0.25, 0.3) is 0 Å². The van der Waals surface area contributed by atoms with E-state index in [1.165, 1.54) is 51.4 Å². The maximum atomic E-state index is 12.8. The Morgan fingerprint density at radius 1 is 0.804 bits per heavy atom. The van der Waals surface area contributed by atoms with Crippen molar-refractivity contribution in [2.45, 2.75) is 129 Å². The minimum atomic E-state index is -1.01. The second-order valence-electron chi connectivity index (χ2n) is 15.4. The molecule has 2 aromatic rings. The first-order chi connectivity index (χ1) is 24.3. The van der Waals surface area contributed by atoms with E-state index in [4.69, 9.17) is 20.9 Å². The second-order valence-corrected chi connectivity index (χ2v) is 15.4. The third kappa shape index (κ3) is 16.8. The first-order valence-corrected chi connectivity index (χ1v) is 18.9. The number of primary amides is 1. The van der Waals surface area contributed by atoms with Crippen LogP contribution in [0.5, 0.6) is 0 Å². The predicted octanol–water partition coefficient (Wildman–Crippen LogP) is 8.19. The minimum Gasteiger partial charge on any atom is -0.462 e. The lowest BCUT2D eigenvalue weighted by Crippen LogP contribution is -2.51. The number of aliphatic hydroxyl groups is 1. The Morgan fingerprint density at radius 2 is 1.35 bits per heavy atom. The zero-order valence-corrected chi connectivity index (χ0v) is 31.1. The molecule has 0 heterocycles. The Hall–Kier alpha value is -3.83. The highest BCUT2D eigenvalue weighted by atomic mass is 16.6. The summed E-state index contributed by atoms with van der Waals surface area (Å²) in [5, 5.41) is 19.2. The number of nitrogens with two attached hydrogens (primary N) is 2. The number of esters is 1. The number of nitrogens with one attached hydrogen (secondary N) is 3. The topological polar surface area (TPSA) is 178 Å². The van der Waals surface area contributed by atoms with Crippen molar-refractivity contribution in [3.8, 4) is 0 Å². The molecule has 1 aliphatic rings. The smallest absolute Gasteiger partial charge is 0.338 e. The van der Waals surface area contributed by atoms with Crippen molar-refractivity contribution < 1.29 is 29.0 Å². The van der Waals surface area contributed by atoms with Crippen molar-refractivity contribution in [3.63, 3.8) is 0 Å². The van der Waals surface area contributed by atoms with Crippen LogP contribution < -0.4 is 27.4 Å². The number of amides is 4. The van der Waals surface area contributed by atoms with Gasteiger partial charge in [0.15, 0.2) is 6.29 Å². The number of urea groups is 2. The number of benzene rings is 2.